The molecule has 0 saturated heterocycles. The summed E-state index contributed by atoms with van der Waals surface area (Å²) in [5.74, 6) is 1.45. The topological polar surface area (TPSA) is 95.1 Å². The smallest absolute Gasteiger partial charge is 0.223 e. The van der Waals surface area contributed by atoms with E-state index in [0.717, 1.165) is 5.82 Å². The normalized spacial score (nSPS) is 10.3. The predicted octanol–water partition coefficient (Wildman–Crippen LogP) is 0.525. The third-order valence-electron chi connectivity index (χ3n) is 2.93. The van der Waals surface area contributed by atoms with Gasteiger partial charge >= 0.3 is 0 Å². The summed E-state index contributed by atoms with van der Waals surface area (Å²) in [6.45, 7) is 0.850. The molecule has 0 aliphatic carbocycles. The molecule has 1 amide bonds. The summed E-state index contributed by atoms with van der Waals surface area (Å²) < 4.78 is 7.29. The van der Waals surface area contributed by atoms with Gasteiger partial charge in [0.2, 0.25) is 5.91 Å². The van der Waals surface area contributed by atoms with Crippen LogP contribution in [0.5, 0.6) is 5.75 Å². The fraction of sp³-hybridized carbons (Fsp3) is 0.357. The average Bonchev–Trinajstić information content (AvgIpc) is 2.85. The molecule has 0 spiro atoms. The number of nitrogens with one attached hydrogen (secondary N) is 1. The molecular formula is C14H19N5O2. The number of amides is 1. The van der Waals surface area contributed by atoms with Gasteiger partial charge in [0.05, 0.1) is 13.0 Å². The highest BCUT2D eigenvalue weighted by molar-refractivity contribution is 5.75. The molecule has 2 aromatic rings. The average molecular weight is 289 g/mol. The van der Waals surface area contributed by atoms with E-state index in [0.29, 0.717) is 37.4 Å². The third kappa shape index (κ3) is 4.79. The van der Waals surface area contributed by atoms with Crippen LogP contribution in [0.3, 0.4) is 0 Å². The van der Waals surface area contributed by atoms with Crippen LogP contribution < -0.4 is 15.8 Å². The van der Waals surface area contributed by atoms with E-state index in [2.05, 4.69) is 15.5 Å². The van der Waals surface area contributed by atoms with Crippen molar-refractivity contribution >= 4 is 11.6 Å². The summed E-state index contributed by atoms with van der Waals surface area (Å²) in [6, 6.07) is 7.13. The van der Waals surface area contributed by atoms with Gasteiger partial charge in [-0.1, -0.05) is 6.07 Å². The third-order valence-corrected chi connectivity index (χ3v) is 2.93. The second-order valence-corrected chi connectivity index (χ2v) is 4.63. The number of nitrogens with zero attached hydrogens (tertiary/aromatic N) is 3. The summed E-state index contributed by atoms with van der Waals surface area (Å²) in [7, 11) is 1.87. The number of nitrogen functional groups attached to an aromatic ring is 1. The molecule has 3 N–H and O–H groups in total. The minimum atomic E-state index is -0.0546. The van der Waals surface area contributed by atoms with Crippen LogP contribution in [0.1, 0.15) is 12.2 Å². The Hall–Kier alpha value is -2.57. The van der Waals surface area contributed by atoms with Gasteiger partial charge in [0.15, 0.2) is 0 Å². The fourth-order valence-electron chi connectivity index (χ4n) is 1.80. The van der Waals surface area contributed by atoms with Crippen molar-refractivity contribution < 1.29 is 9.53 Å². The molecule has 0 atom stereocenters. The van der Waals surface area contributed by atoms with Crippen LogP contribution in [0, 0.1) is 0 Å². The molecule has 0 aliphatic heterocycles. The number of nitrogens with two attached hydrogens (primary N) is 1. The van der Waals surface area contributed by atoms with Crippen LogP contribution in [0.25, 0.3) is 0 Å². The highest BCUT2D eigenvalue weighted by Crippen LogP contribution is 2.14. The Morgan fingerprint density at radius 3 is 3.05 bits per heavy atom. The maximum atomic E-state index is 11.7. The molecule has 21 heavy (non-hydrogen) atoms. The molecule has 112 valence electrons. The van der Waals surface area contributed by atoms with Gasteiger partial charge in [0, 0.05) is 31.8 Å². The molecule has 1 aromatic heterocycles. The zero-order valence-electron chi connectivity index (χ0n) is 12.0. The molecule has 7 nitrogen and oxygen atoms in total. The van der Waals surface area contributed by atoms with E-state index in [-0.39, 0.29) is 5.91 Å². The van der Waals surface area contributed by atoms with E-state index in [9.17, 15) is 4.79 Å². The minimum absolute atomic E-state index is 0.0546. The lowest BCUT2D eigenvalue weighted by atomic mass is 10.3. The lowest BCUT2D eigenvalue weighted by Crippen LogP contribution is -2.27. The summed E-state index contributed by atoms with van der Waals surface area (Å²) >= 11 is 0. The van der Waals surface area contributed by atoms with Crippen LogP contribution in [-0.4, -0.2) is 33.8 Å². The Kier molecular flexibility index (Phi) is 5.14. The summed E-state index contributed by atoms with van der Waals surface area (Å²) in [5.41, 5.74) is 6.28. The quantitative estimate of drug-likeness (QED) is 0.725. The predicted molar refractivity (Wildman–Crippen MR) is 78.7 cm³/mol. The van der Waals surface area contributed by atoms with Crippen molar-refractivity contribution in [1.82, 2.24) is 20.1 Å². The largest absolute Gasteiger partial charge is 0.493 e. The lowest BCUT2D eigenvalue weighted by Gasteiger charge is -2.07. The van der Waals surface area contributed by atoms with Gasteiger partial charge in [-0.25, -0.2) is 0 Å². The second kappa shape index (κ2) is 7.28. The van der Waals surface area contributed by atoms with Gasteiger partial charge in [-0.3, -0.25) is 4.79 Å². The Bertz CT molecular complexity index is 597. The van der Waals surface area contributed by atoms with Crippen LogP contribution in [-0.2, 0) is 18.3 Å². The SMILES string of the molecule is Cn1cnnc1CCNC(=O)CCOc1cccc(N)c1. The number of hydrogen-bond acceptors (Lipinski definition) is 5. The van der Waals surface area contributed by atoms with E-state index in [1.165, 1.54) is 0 Å². The molecule has 0 bridgehead atoms. The van der Waals surface area contributed by atoms with Crippen LogP contribution in [0.2, 0.25) is 0 Å². The van der Waals surface area contributed by atoms with Crippen molar-refractivity contribution in [1.29, 1.82) is 0 Å². The number of aryl methyl sites for hydroxylation is 1. The number of rotatable bonds is 7. The molecule has 1 aromatic carbocycles. The molecule has 1 heterocycles. The molecular weight excluding hydrogens is 270 g/mol. The minimum Gasteiger partial charge on any atom is -0.493 e. The molecule has 2 rings (SSSR count). The van der Waals surface area contributed by atoms with Crippen molar-refractivity contribution in [2.24, 2.45) is 7.05 Å². The van der Waals surface area contributed by atoms with E-state index >= 15 is 0 Å². The van der Waals surface area contributed by atoms with E-state index in [1.54, 1.807) is 18.5 Å². The molecule has 0 saturated carbocycles. The van der Waals surface area contributed by atoms with E-state index in [1.807, 2.05) is 23.7 Å². The number of benzene rings is 1. The maximum absolute atomic E-state index is 11.7. The first kappa shape index (κ1) is 14.8. The Morgan fingerprint density at radius 1 is 1.48 bits per heavy atom. The highest BCUT2D eigenvalue weighted by atomic mass is 16.5. The molecule has 0 aliphatic rings. The lowest BCUT2D eigenvalue weighted by molar-refractivity contribution is -0.121. The first-order valence-corrected chi connectivity index (χ1v) is 6.73. The van der Waals surface area contributed by atoms with E-state index in [4.69, 9.17) is 10.5 Å². The zero-order valence-corrected chi connectivity index (χ0v) is 12.0. The van der Waals surface area contributed by atoms with Crippen molar-refractivity contribution in [2.75, 3.05) is 18.9 Å². The Morgan fingerprint density at radius 2 is 2.33 bits per heavy atom. The van der Waals surface area contributed by atoms with Crippen molar-refractivity contribution in [3.8, 4) is 5.75 Å². The van der Waals surface area contributed by atoms with Crippen molar-refractivity contribution in [3.05, 3.63) is 36.4 Å². The molecule has 0 unspecified atom stereocenters. The molecule has 0 fully saturated rings. The maximum Gasteiger partial charge on any atom is 0.223 e. The first-order chi connectivity index (χ1) is 10.1. The van der Waals surface area contributed by atoms with Crippen LogP contribution in [0.4, 0.5) is 5.69 Å². The Labute approximate surface area is 123 Å². The van der Waals surface area contributed by atoms with Gasteiger partial charge in [0.1, 0.15) is 17.9 Å². The molecule has 0 radical (unpaired) electrons. The molecule has 7 heteroatoms. The summed E-state index contributed by atoms with van der Waals surface area (Å²) in [5, 5.41) is 10.5. The first-order valence-electron chi connectivity index (χ1n) is 6.73. The van der Waals surface area contributed by atoms with Crippen LogP contribution in [0.15, 0.2) is 30.6 Å². The van der Waals surface area contributed by atoms with Crippen molar-refractivity contribution in [2.45, 2.75) is 12.8 Å². The fourth-order valence-corrected chi connectivity index (χ4v) is 1.80. The highest BCUT2D eigenvalue weighted by Gasteiger charge is 2.04. The van der Waals surface area contributed by atoms with E-state index < -0.39 is 0 Å². The standard InChI is InChI=1S/C14H19N5O2/c1-19-10-17-18-13(19)5-7-16-14(20)6-8-21-12-4-2-3-11(15)9-12/h2-4,9-10H,5-8,15H2,1H3,(H,16,20). The monoisotopic (exact) mass is 289 g/mol. The Balaban J connectivity index is 1.63. The number of aromatic nitrogens is 3. The second-order valence-electron chi connectivity index (χ2n) is 4.63. The van der Waals surface area contributed by atoms with Gasteiger partial charge in [-0.15, -0.1) is 10.2 Å². The van der Waals surface area contributed by atoms with Crippen molar-refractivity contribution in [3.63, 3.8) is 0 Å². The number of hydrogen-bond donors (Lipinski definition) is 2. The number of ether oxygens (including phenoxy) is 1. The number of carbonyl (C=O) groups is 1. The van der Waals surface area contributed by atoms with Gasteiger partial charge in [-0.2, -0.15) is 0 Å². The number of carbonyl (C=O) groups excluding carboxylic acids is 1. The van der Waals surface area contributed by atoms with Gasteiger partial charge in [-0.05, 0) is 12.1 Å². The zero-order chi connectivity index (χ0) is 15.1. The van der Waals surface area contributed by atoms with Crippen LogP contribution >= 0.6 is 0 Å². The number of anilines is 1. The summed E-state index contributed by atoms with van der Waals surface area (Å²) in [6.07, 6.45) is 2.59. The van der Waals surface area contributed by atoms with Gasteiger partial charge < -0.3 is 20.4 Å². The summed E-state index contributed by atoms with van der Waals surface area (Å²) in [4.78, 5) is 11.7. The van der Waals surface area contributed by atoms with Gasteiger partial charge in [0.25, 0.3) is 0 Å².